The third kappa shape index (κ3) is 3.00. The van der Waals surface area contributed by atoms with Gasteiger partial charge in [-0.2, -0.15) is 5.26 Å². The van der Waals surface area contributed by atoms with Crippen molar-refractivity contribution >= 4 is 5.69 Å². The second-order valence-electron chi connectivity index (χ2n) is 4.54. The summed E-state index contributed by atoms with van der Waals surface area (Å²) in [6.45, 7) is 10.7. The maximum Gasteiger partial charge on any atom is 0.0994 e. The van der Waals surface area contributed by atoms with Crippen LogP contribution in [0.4, 0.5) is 5.69 Å². The number of anilines is 1. The Morgan fingerprint density at radius 3 is 2.50 bits per heavy atom. The van der Waals surface area contributed by atoms with E-state index in [1.807, 2.05) is 19.1 Å². The molecule has 16 heavy (non-hydrogen) atoms. The minimum Gasteiger partial charge on any atom is -0.372 e. The summed E-state index contributed by atoms with van der Waals surface area (Å²) in [5.41, 5.74) is 3.04. The normalized spacial score (nSPS) is 10.2. The van der Waals surface area contributed by atoms with Crippen molar-refractivity contribution in [1.82, 2.24) is 0 Å². The molecule has 2 heteroatoms. The van der Waals surface area contributed by atoms with Crippen molar-refractivity contribution in [2.45, 2.75) is 27.7 Å². The molecule has 1 rings (SSSR count). The van der Waals surface area contributed by atoms with Gasteiger partial charge in [0.1, 0.15) is 0 Å². The lowest BCUT2D eigenvalue weighted by molar-refractivity contribution is 0.618. The topological polar surface area (TPSA) is 27.0 Å². The lowest BCUT2D eigenvalue weighted by Gasteiger charge is -2.25. The van der Waals surface area contributed by atoms with Crippen molar-refractivity contribution in [2.24, 2.45) is 5.92 Å². The number of nitrogens with zero attached hydrogens (tertiary/aromatic N) is 2. The highest BCUT2D eigenvalue weighted by Crippen LogP contribution is 2.19. The highest BCUT2D eigenvalue weighted by Gasteiger charge is 2.07. The summed E-state index contributed by atoms with van der Waals surface area (Å²) < 4.78 is 0. The van der Waals surface area contributed by atoms with Crippen LogP contribution in [0.25, 0.3) is 0 Å². The molecule has 0 radical (unpaired) electrons. The van der Waals surface area contributed by atoms with Crippen LogP contribution in [0.5, 0.6) is 0 Å². The monoisotopic (exact) mass is 216 g/mol. The van der Waals surface area contributed by atoms with Crippen LogP contribution in [-0.2, 0) is 0 Å². The Bertz CT molecular complexity index is 388. The van der Waals surface area contributed by atoms with Crippen LogP contribution in [0.3, 0.4) is 0 Å². The summed E-state index contributed by atoms with van der Waals surface area (Å²) >= 11 is 0. The van der Waals surface area contributed by atoms with Gasteiger partial charge in [-0.15, -0.1) is 0 Å². The van der Waals surface area contributed by atoms with E-state index in [9.17, 15) is 0 Å². The van der Waals surface area contributed by atoms with Gasteiger partial charge in [0.25, 0.3) is 0 Å². The van der Waals surface area contributed by atoms with Crippen molar-refractivity contribution in [3.8, 4) is 6.07 Å². The van der Waals surface area contributed by atoms with E-state index in [0.717, 1.165) is 24.2 Å². The molecule has 0 bridgehead atoms. The summed E-state index contributed by atoms with van der Waals surface area (Å²) in [4.78, 5) is 2.35. The first kappa shape index (κ1) is 12.6. The Kier molecular flexibility index (Phi) is 4.37. The van der Waals surface area contributed by atoms with Crippen LogP contribution < -0.4 is 4.90 Å². The molecular formula is C14H20N2. The zero-order valence-corrected chi connectivity index (χ0v) is 10.6. The first-order chi connectivity index (χ1) is 7.58. The number of hydrogen-bond acceptors (Lipinski definition) is 2. The largest absolute Gasteiger partial charge is 0.372 e. The summed E-state index contributed by atoms with van der Waals surface area (Å²) in [5.74, 6) is 0.649. The maximum absolute atomic E-state index is 8.89. The third-order valence-electron chi connectivity index (χ3n) is 2.66. The molecule has 0 amide bonds. The first-order valence-corrected chi connectivity index (χ1v) is 5.84. The molecule has 0 saturated carbocycles. The van der Waals surface area contributed by atoms with E-state index in [0.29, 0.717) is 5.92 Å². The SMILES string of the molecule is CCN(CC(C)C)c1ccc(C#N)c(C)c1. The standard InChI is InChI=1S/C14H20N2/c1-5-16(10-11(2)3)14-7-6-13(9-15)12(4)8-14/h6-8,11H,5,10H2,1-4H3. The molecule has 0 saturated heterocycles. The third-order valence-corrected chi connectivity index (χ3v) is 2.66. The summed E-state index contributed by atoms with van der Waals surface area (Å²) in [6.07, 6.45) is 0. The van der Waals surface area contributed by atoms with E-state index >= 15 is 0 Å². The molecule has 0 heterocycles. The molecule has 1 aromatic rings. The van der Waals surface area contributed by atoms with Crippen molar-refractivity contribution in [1.29, 1.82) is 5.26 Å². The van der Waals surface area contributed by atoms with Crippen LogP contribution in [0, 0.1) is 24.2 Å². The molecule has 86 valence electrons. The summed E-state index contributed by atoms with van der Waals surface area (Å²) in [7, 11) is 0. The van der Waals surface area contributed by atoms with Crippen LogP contribution in [-0.4, -0.2) is 13.1 Å². The first-order valence-electron chi connectivity index (χ1n) is 5.84. The molecule has 1 aromatic carbocycles. The number of rotatable bonds is 4. The van der Waals surface area contributed by atoms with Gasteiger partial charge in [0.2, 0.25) is 0 Å². The fourth-order valence-electron chi connectivity index (χ4n) is 1.83. The Morgan fingerprint density at radius 2 is 2.06 bits per heavy atom. The quantitative estimate of drug-likeness (QED) is 0.771. The van der Waals surface area contributed by atoms with E-state index in [4.69, 9.17) is 5.26 Å². The van der Waals surface area contributed by atoms with Gasteiger partial charge in [-0.1, -0.05) is 13.8 Å². The van der Waals surface area contributed by atoms with Crippen LogP contribution in [0.1, 0.15) is 31.9 Å². The molecule has 0 atom stereocenters. The second-order valence-corrected chi connectivity index (χ2v) is 4.54. The van der Waals surface area contributed by atoms with Gasteiger partial charge >= 0.3 is 0 Å². The number of hydrogen-bond donors (Lipinski definition) is 0. The van der Waals surface area contributed by atoms with Crippen LogP contribution >= 0.6 is 0 Å². The minimum absolute atomic E-state index is 0.649. The zero-order valence-electron chi connectivity index (χ0n) is 10.6. The molecule has 0 aliphatic heterocycles. The Labute approximate surface area is 98.5 Å². The smallest absolute Gasteiger partial charge is 0.0994 e. The van der Waals surface area contributed by atoms with Crippen LogP contribution in [0.2, 0.25) is 0 Å². The number of aryl methyl sites for hydroxylation is 1. The van der Waals surface area contributed by atoms with Gasteiger partial charge in [-0.3, -0.25) is 0 Å². The van der Waals surface area contributed by atoms with Crippen molar-refractivity contribution in [3.05, 3.63) is 29.3 Å². The Morgan fingerprint density at radius 1 is 1.38 bits per heavy atom. The molecule has 0 aliphatic carbocycles. The van der Waals surface area contributed by atoms with Gasteiger partial charge in [-0.05, 0) is 43.5 Å². The van der Waals surface area contributed by atoms with Crippen molar-refractivity contribution in [3.63, 3.8) is 0 Å². The predicted molar refractivity (Wildman–Crippen MR) is 68.6 cm³/mol. The van der Waals surface area contributed by atoms with E-state index in [1.54, 1.807) is 0 Å². The molecule has 2 nitrogen and oxygen atoms in total. The molecule has 0 unspecified atom stereocenters. The van der Waals surface area contributed by atoms with Crippen molar-refractivity contribution in [2.75, 3.05) is 18.0 Å². The van der Waals surface area contributed by atoms with E-state index in [-0.39, 0.29) is 0 Å². The average molecular weight is 216 g/mol. The van der Waals surface area contributed by atoms with Gasteiger partial charge in [0.05, 0.1) is 11.6 Å². The predicted octanol–water partition coefficient (Wildman–Crippen LogP) is 3.35. The average Bonchev–Trinajstić information content (AvgIpc) is 2.25. The van der Waals surface area contributed by atoms with Gasteiger partial charge in [0.15, 0.2) is 0 Å². The fraction of sp³-hybridized carbons (Fsp3) is 0.500. The second kappa shape index (κ2) is 5.55. The van der Waals surface area contributed by atoms with Crippen LogP contribution in [0.15, 0.2) is 18.2 Å². The van der Waals surface area contributed by atoms with Gasteiger partial charge in [-0.25, -0.2) is 0 Å². The fourth-order valence-corrected chi connectivity index (χ4v) is 1.83. The van der Waals surface area contributed by atoms with E-state index in [2.05, 4.69) is 37.8 Å². The molecule has 0 aliphatic rings. The van der Waals surface area contributed by atoms with Gasteiger partial charge in [0, 0.05) is 18.8 Å². The van der Waals surface area contributed by atoms with Gasteiger partial charge < -0.3 is 4.90 Å². The lowest BCUT2D eigenvalue weighted by Crippen LogP contribution is -2.27. The Balaban J connectivity index is 2.94. The minimum atomic E-state index is 0.649. The summed E-state index contributed by atoms with van der Waals surface area (Å²) in [5, 5.41) is 8.89. The molecule has 0 spiro atoms. The van der Waals surface area contributed by atoms with E-state index in [1.165, 1.54) is 5.69 Å². The van der Waals surface area contributed by atoms with E-state index < -0.39 is 0 Å². The Hall–Kier alpha value is -1.49. The molecule has 0 aromatic heterocycles. The number of nitriles is 1. The maximum atomic E-state index is 8.89. The molecular weight excluding hydrogens is 196 g/mol. The lowest BCUT2D eigenvalue weighted by atomic mass is 10.1. The molecule has 0 N–H and O–H groups in total. The molecule has 0 fully saturated rings. The zero-order chi connectivity index (χ0) is 12.1. The summed E-state index contributed by atoms with van der Waals surface area (Å²) in [6, 6.07) is 8.25. The number of benzene rings is 1. The highest BCUT2D eigenvalue weighted by atomic mass is 15.1. The highest BCUT2D eigenvalue weighted by molar-refractivity contribution is 5.53. The van der Waals surface area contributed by atoms with Crippen molar-refractivity contribution < 1.29 is 0 Å².